The summed E-state index contributed by atoms with van der Waals surface area (Å²) in [5.41, 5.74) is 2.60. The molecule has 0 saturated carbocycles. The number of carboxylic acid groups (broad SMARTS) is 1. The van der Waals surface area contributed by atoms with Gasteiger partial charge in [0.05, 0.1) is 42.2 Å². The van der Waals surface area contributed by atoms with Crippen molar-refractivity contribution in [3.8, 4) is 17.2 Å². The topological polar surface area (TPSA) is 126 Å². The number of fused-ring (bicyclic) bond motifs is 1. The zero-order valence-corrected chi connectivity index (χ0v) is 25.3. The normalized spacial score (nSPS) is 14.5. The van der Waals surface area contributed by atoms with Crippen LogP contribution in [0.2, 0.25) is 0 Å². The summed E-state index contributed by atoms with van der Waals surface area (Å²) < 4.78 is 24.4. The molecular formula is C33H30N2O8S. The number of carboxylic acids is 1. The van der Waals surface area contributed by atoms with Crippen LogP contribution in [0.5, 0.6) is 17.2 Å². The Morgan fingerprint density at radius 2 is 1.77 bits per heavy atom. The average Bonchev–Trinajstić information content (AvgIpc) is 3.33. The maximum atomic E-state index is 14.0. The van der Waals surface area contributed by atoms with Crippen LogP contribution in [0.4, 0.5) is 0 Å². The summed E-state index contributed by atoms with van der Waals surface area (Å²) in [7, 11) is 3.05. The van der Waals surface area contributed by atoms with Crippen LogP contribution < -0.4 is 29.1 Å². The van der Waals surface area contributed by atoms with E-state index in [0.29, 0.717) is 49.0 Å². The minimum absolute atomic E-state index is 0.139. The third-order valence-electron chi connectivity index (χ3n) is 7.00. The zero-order chi connectivity index (χ0) is 31.4. The molecule has 3 aromatic carbocycles. The lowest BCUT2D eigenvalue weighted by atomic mass is 9.95. The highest BCUT2D eigenvalue weighted by Crippen LogP contribution is 2.35. The number of para-hydroxylation sites is 1. The number of aromatic nitrogens is 1. The monoisotopic (exact) mass is 614 g/mol. The molecule has 1 aliphatic heterocycles. The summed E-state index contributed by atoms with van der Waals surface area (Å²) in [5.74, 6) is -0.140. The van der Waals surface area contributed by atoms with Gasteiger partial charge in [0.2, 0.25) is 0 Å². The predicted molar refractivity (Wildman–Crippen MR) is 164 cm³/mol. The highest BCUT2D eigenvalue weighted by molar-refractivity contribution is 7.07. The first kappa shape index (κ1) is 30.3. The van der Waals surface area contributed by atoms with Crippen molar-refractivity contribution in [1.82, 2.24) is 4.57 Å². The van der Waals surface area contributed by atoms with E-state index in [-0.39, 0.29) is 29.9 Å². The largest absolute Gasteiger partial charge is 0.496 e. The number of allylic oxidation sites excluding steroid dienone is 1. The molecule has 5 rings (SSSR count). The van der Waals surface area contributed by atoms with Crippen molar-refractivity contribution in [3.05, 3.63) is 120 Å². The minimum Gasteiger partial charge on any atom is -0.496 e. The van der Waals surface area contributed by atoms with Crippen LogP contribution in [0.3, 0.4) is 0 Å². The molecule has 0 aliphatic carbocycles. The fourth-order valence-electron chi connectivity index (χ4n) is 4.98. The van der Waals surface area contributed by atoms with E-state index in [2.05, 4.69) is 4.99 Å². The standard InChI is InChI=1S/C33H30N2O8S/c1-5-42-32(39)28-19(2)34-33-35(29(28)23-11-6-7-12-24(23)40-3)30(36)27(44-33)17-20-13-14-25(26(16-20)41-4)43-18-21-9-8-10-22(15-21)31(37)38/h6-17,29H,5,18H2,1-4H3,(H,37,38)/b27-17-/t29-/m1/s1. The van der Waals surface area contributed by atoms with Gasteiger partial charge >= 0.3 is 11.9 Å². The molecule has 11 heteroatoms. The Kier molecular flexibility index (Phi) is 8.96. The first-order valence-electron chi connectivity index (χ1n) is 13.7. The van der Waals surface area contributed by atoms with Crippen LogP contribution >= 0.6 is 11.3 Å². The van der Waals surface area contributed by atoms with E-state index in [0.717, 1.165) is 0 Å². The van der Waals surface area contributed by atoms with Gasteiger partial charge in [-0.15, -0.1) is 0 Å². The molecular weight excluding hydrogens is 584 g/mol. The summed E-state index contributed by atoms with van der Waals surface area (Å²) in [6.45, 7) is 3.77. The van der Waals surface area contributed by atoms with Gasteiger partial charge in [-0.25, -0.2) is 14.6 Å². The van der Waals surface area contributed by atoms with Gasteiger partial charge in [0, 0.05) is 5.56 Å². The van der Waals surface area contributed by atoms with E-state index in [1.807, 2.05) is 18.2 Å². The highest BCUT2D eigenvalue weighted by Gasteiger charge is 2.35. The molecule has 1 atom stereocenters. The van der Waals surface area contributed by atoms with Crippen molar-refractivity contribution in [3.63, 3.8) is 0 Å². The lowest BCUT2D eigenvalue weighted by Crippen LogP contribution is -2.40. The molecule has 2 heterocycles. The number of rotatable bonds is 10. The van der Waals surface area contributed by atoms with E-state index in [4.69, 9.17) is 18.9 Å². The quantitative estimate of drug-likeness (QED) is 0.265. The SMILES string of the molecule is CCOC(=O)C1=C(C)N=c2s/c(=C\c3ccc(OCc4cccc(C(=O)O)c4)c(OC)c3)c(=O)n2[C@@H]1c1ccccc1OC. The van der Waals surface area contributed by atoms with Crippen LogP contribution in [0, 0.1) is 0 Å². The van der Waals surface area contributed by atoms with E-state index >= 15 is 0 Å². The Balaban J connectivity index is 1.54. The van der Waals surface area contributed by atoms with Crippen molar-refractivity contribution < 1.29 is 33.6 Å². The third kappa shape index (κ3) is 6.00. The third-order valence-corrected chi connectivity index (χ3v) is 7.99. The Morgan fingerprint density at radius 3 is 2.50 bits per heavy atom. The molecule has 10 nitrogen and oxygen atoms in total. The summed E-state index contributed by atoms with van der Waals surface area (Å²) >= 11 is 1.21. The lowest BCUT2D eigenvalue weighted by molar-refractivity contribution is -0.139. The zero-order valence-electron chi connectivity index (χ0n) is 24.5. The second kappa shape index (κ2) is 13.0. The number of nitrogens with zero attached hydrogens (tertiary/aromatic N) is 2. The summed E-state index contributed by atoms with van der Waals surface area (Å²) in [6, 6.07) is 18.2. The first-order chi connectivity index (χ1) is 21.2. The Bertz CT molecular complexity index is 1960. The van der Waals surface area contributed by atoms with Gasteiger partial charge in [0.15, 0.2) is 16.3 Å². The molecule has 44 heavy (non-hydrogen) atoms. The van der Waals surface area contributed by atoms with Gasteiger partial charge in [-0.1, -0.05) is 47.7 Å². The summed E-state index contributed by atoms with van der Waals surface area (Å²) in [6.07, 6.45) is 1.73. The number of thiazole rings is 1. The smallest absolute Gasteiger partial charge is 0.338 e. The predicted octanol–water partition coefficient (Wildman–Crippen LogP) is 4.09. The van der Waals surface area contributed by atoms with E-state index in [1.165, 1.54) is 36.2 Å². The maximum absolute atomic E-state index is 14.0. The van der Waals surface area contributed by atoms with Crippen molar-refractivity contribution in [2.45, 2.75) is 26.5 Å². The molecule has 0 saturated heterocycles. The number of ether oxygens (including phenoxy) is 4. The molecule has 0 bridgehead atoms. The number of hydrogen-bond donors (Lipinski definition) is 1. The first-order valence-corrected chi connectivity index (χ1v) is 14.5. The minimum atomic E-state index is -1.01. The number of esters is 1. The van der Waals surface area contributed by atoms with Gasteiger partial charge in [-0.3, -0.25) is 9.36 Å². The molecule has 226 valence electrons. The molecule has 0 fully saturated rings. The summed E-state index contributed by atoms with van der Waals surface area (Å²) in [5, 5.41) is 9.25. The highest BCUT2D eigenvalue weighted by atomic mass is 32.1. The number of methoxy groups -OCH3 is 2. The number of aromatic carboxylic acids is 1. The van der Waals surface area contributed by atoms with Crippen LogP contribution in [0.15, 0.2) is 87.8 Å². The fourth-order valence-corrected chi connectivity index (χ4v) is 6.02. The van der Waals surface area contributed by atoms with Gasteiger partial charge in [0.25, 0.3) is 5.56 Å². The van der Waals surface area contributed by atoms with Crippen molar-refractivity contribution >= 4 is 29.4 Å². The van der Waals surface area contributed by atoms with Crippen molar-refractivity contribution in [2.75, 3.05) is 20.8 Å². The second-order valence-corrected chi connectivity index (χ2v) is 10.8. The molecule has 1 N–H and O–H groups in total. The van der Waals surface area contributed by atoms with Crippen LogP contribution in [0.1, 0.15) is 46.9 Å². The molecule has 0 amide bonds. The molecule has 1 aliphatic rings. The van der Waals surface area contributed by atoms with Gasteiger partial charge < -0.3 is 24.1 Å². The molecule has 0 unspecified atom stereocenters. The average molecular weight is 615 g/mol. The van der Waals surface area contributed by atoms with Crippen LogP contribution in [-0.4, -0.2) is 42.4 Å². The lowest BCUT2D eigenvalue weighted by Gasteiger charge is -2.25. The number of hydrogen-bond acceptors (Lipinski definition) is 9. The molecule has 0 spiro atoms. The van der Waals surface area contributed by atoms with Gasteiger partial charge in [0.1, 0.15) is 18.4 Å². The number of carbonyl (C=O) groups is 2. The van der Waals surface area contributed by atoms with E-state index < -0.39 is 18.0 Å². The van der Waals surface area contributed by atoms with Crippen LogP contribution in [0.25, 0.3) is 6.08 Å². The number of benzene rings is 3. The van der Waals surface area contributed by atoms with Gasteiger partial charge in [-0.05, 0) is 61.4 Å². The maximum Gasteiger partial charge on any atom is 0.338 e. The van der Waals surface area contributed by atoms with E-state index in [1.54, 1.807) is 62.4 Å². The molecule has 1 aromatic heterocycles. The van der Waals surface area contributed by atoms with Gasteiger partial charge in [-0.2, -0.15) is 0 Å². The Labute approximate surface area is 256 Å². The molecule has 4 aromatic rings. The van der Waals surface area contributed by atoms with E-state index in [9.17, 15) is 19.5 Å². The van der Waals surface area contributed by atoms with Crippen LogP contribution in [-0.2, 0) is 16.1 Å². The summed E-state index contributed by atoms with van der Waals surface area (Å²) in [4.78, 5) is 43.5. The Hall–Kier alpha value is -5.16. The Morgan fingerprint density at radius 1 is 1.00 bits per heavy atom. The number of carbonyl (C=O) groups excluding carboxylic acids is 1. The van der Waals surface area contributed by atoms with Crippen molar-refractivity contribution in [1.29, 1.82) is 0 Å². The van der Waals surface area contributed by atoms with Crippen molar-refractivity contribution in [2.24, 2.45) is 4.99 Å². The second-order valence-electron chi connectivity index (χ2n) is 9.75. The molecule has 0 radical (unpaired) electrons. The fraction of sp³-hybridized carbons (Fsp3) is 0.212.